The van der Waals surface area contributed by atoms with E-state index in [1.807, 2.05) is 31.2 Å². The van der Waals surface area contributed by atoms with Gasteiger partial charge in [-0.15, -0.1) is 0 Å². The maximum Gasteiger partial charge on any atom is 0.163 e. The van der Waals surface area contributed by atoms with Crippen molar-refractivity contribution in [2.45, 2.75) is 6.92 Å². The molecule has 3 aromatic rings. The molecule has 2 aromatic carbocycles. The number of hydrogen-bond donors (Lipinski definition) is 1. The van der Waals surface area contributed by atoms with Gasteiger partial charge in [0.15, 0.2) is 5.82 Å². The van der Waals surface area contributed by atoms with Crippen LogP contribution in [0.3, 0.4) is 0 Å². The van der Waals surface area contributed by atoms with Crippen LogP contribution in [0.25, 0.3) is 22.3 Å². The van der Waals surface area contributed by atoms with E-state index in [4.69, 9.17) is 28.9 Å². The third kappa shape index (κ3) is 2.30. The highest BCUT2D eigenvalue weighted by Crippen LogP contribution is 2.29. The Morgan fingerprint density at radius 2 is 1.80 bits per heavy atom. The van der Waals surface area contributed by atoms with Gasteiger partial charge in [-0.3, -0.25) is 0 Å². The van der Waals surface area contributed by atoms with Gasteiger partial charge in [-0.1, -0.05) is 29.3 Å². The van der Waals surface area contributed by atoms with Crippen LogP contribution < -0.4 is 5.73 Å². The average molecular weight is 304 g/mol. The van der Waals surface area contributed by atoms with Crippen LogP contribution in [-0.2, 0) is 0 Å². The van der Waals surface area contributed by atoms with Crippen LogP contribution in [-0.4, -0.2) is 9.97 Å². The number of anilines is 1. The first-order valence-electron chi connectivity index (χ1n) is 6.04. The van der Waals surface area contributed by atoms with Gasteiger partial charge in [-0.05, 0) is 42.8 Å². The summed E-state index contributed by atoms with van der Waals surface area (Å²) in [6.45, 7) is 1.98. The lowest BCUT2D eigenvalue weighted by Gasteiger charge is -2.08. The zero-order valence-electron chi connectivity index (χ0n) is 10.7. The van der Waals surface area contributed by atoms with E-state index in [0.29, 0.717) is 27.2 Å². The predicted octanol–water partition coefficient (Wildman–Crippen LogP) is 4.49. The molecule has 0 aliphatic carbocycles. The first kappa shape index (κ1) is 13.2. The van der Waals surface area contributed by atoms with E-state index in [-0.39, 0.29) is 0 Å². The Morgan fingerprint density at radius 3 is 2.55 bits per heavy atom. The lowest BCUT2D eigenvalue weighted by molar-refractivity contribution is 1.23. The number of hydrogen-bond acceptors (Lipinski definition) is 3. The van der Waals surface area contributed by atoms with Crippen molar-refractivity contribution >= 4 is 39.9 Å². The summed E-state index contributed by atoms with van der Waals surface area (Å²) in [4.78, 5) is 8.83. The molecule has 0 unspecified atom stereocenters. The largest absolute Gasteiger partial charge is 0.383 e. The van der Waals surface area contributed by atoms with Crippen LogP contribution in [0.2, 0.25) is 10.0 Å². The topological polar surface area (TPSA) is 51.8 Å². The number of nitrogen functional groups attached to an aromatic ring is 1. The third-order valence-corrected chi connectivity index (χ3v) is 3.60. The molecule has 100 valence electrons. The Labute approximate surface area is 126 Å². The van der Waals surface area contributed by atoms with Gasteiger partial charge in [0, 0.05) is 16.0 Å². The molecule has 0 bridgehead atoms. The number of halogens is 2. The second-order valence-electron chi connectivity index (χ2n) is 4.58. The summed E-state index contributed by atoms with van der Waals surface area (Å²) < 4.78 is 0. The number of nitrogens with two attached hydrogens (primary N) is 1. The van der Waals surface area contributed by atoms with Gasteiger partial charge in [0.25, 0.3) is 0 Å². The second kappa shape index (κ2) is 4.93. The van der Waals surface area contributed by atoms with Crippen molar-refractivity contribution in [3.8, 4) is 11.4 Å². The molecule has 0 saturated heterocycles. The minimum absolute atomic E-state index is 0.415. The van der Waals surface area contributed by atoms with E-state index >= 15 is 0 Å². The molecule has 0 aliphatic rings. The summed E-state index contributed by atoms with van der Waals surface area (Å²) in [5, 5.41) is 1.99. The van der Waals surface area contributed by atoms with Gasteiger partial charge < -0.3 is 5.73 Å². The van der Waals surface area contributed by atoms with E-state index in [2.05, 4.69) is 9.97 Å². The van der Waals surface area contributed by atoms with Crippen molar-refractivity contribution in [1.82, 2.24) is 9.97 Å². The first-order chi connectivity index (χ1) is 9.54. The van der Waals surface area contributed by atoms with Gasteiger partial charge in [0.1, 0.15) is 5.82 Å². The molecule has 0 fully saturated rings. The lowest BCUT2D eigenvalue weighted by atomic mass is 10.1. The summed E-state index contributed by atoms with van der Waals surface area (Å²) in [5.41, 5.74) is 8.53. The molecule has 0 spiro atoms. The van der Waals surface area contributed by atoms with Gasteiger partial charge >= 0.3 is 0 Å². The SMILES string of the molecule is Cc1ccc(-c2nc(N)c3ccc(Cl)cc3n2)c(Cl)c1. The standard InChI is InChI=1S/C15H11Cl2N3/c1-8-2-4-10(12(17)6-8)15-19-13-7-9(16)3-5-11(13)14(18)20-15/h2-7H,1H3,(H2,18,19,20). The van der Waals surface area contributed by atoms with Crippen molar-refractivity contribution < 1.29 is 0 Å². The Kier molecular flexibility index (Phi) is 3.24. The number of aromatic nitrogens is 2. The summed E-state index contributed by atoms with van der Waals surface area (Å²) in [7, 11) is 0. The molecule has 20 heavy (non-hydrogen) atoms. The molecular formula is C15H11Cl2N3. The molecule has 0 atom stereocenters. The zero-order valence-corrected chi connectivity index (χ0v) is 12.2. The molecule has 0 radical (unpaired) electrons. The second-order valence-corrected chi connectivity index (χ2v) is 5.42. The van der Waals surface area contributed by atoms with Crippen molar-refractivity contribution in [3.05, 3.63) is 52.0 Å². The Bertz CT molecular complexity index is 816. The maximum atomic E-state index is 6.25. The highest BCUT2D eigenvalue weighted by Gasteiger charge is 2.10. The minimum atomic E-state index is 0.415. The van der Waals surface area contributed by atoms with Crippen molar-refractivity contribution in [2.24, 2.45) is 0 Å². The predicted molar refractivity (Wildman–Crippen MR) is 84.1 cm³/mol. The number of rotatable bonds is 1. The minimum Gasteiger partial charge on any atom is -0.383 e. The number of aryl methyl sites for hydroxylation is 1. The summed E-state index contributed by atoms with van der Waals surface area (Å²) >= 11 is 12.2. The summed E-state index contributed by atoms with van der Waals surface area (Å²) in [6.07, 6.45) is 0. The molecule has 2 N–H and O–H groups in total. The Hall–Kier alpha value is -1.84. The van der Waals surface area contributed by atoms with E-state index in [0.717, 1.165) is 16.5 Å². The molecule has 0 saturated carbocycles. The fourth-order valence-electron chi connectivity index (χ4n) is 2.05. The van der Waals surface area contributed by atoms with Crippen molar-refractivity contribution in [1.29, 1.82) is 0 Å². The highest BCUT2D eigenvalue weighted by atomic mass is 35.5. The lowest BCUT2D eigenvalue weighted by Crippen LogP contribution is -1.98. The molecule has 3 rings (SSSR count). The first-order valence-corrected chi connectivity index (χ1v) is 6.79. The fourth-order valence-corrected chi connectivity index (χ4v) is 2.54. The smallest absolute Gasteiger partial charge is 0.163 e. The Morgan fingerprint density at radius 1 is 1.00 bits per heavy atom. The van der Waals surface area contributed by atoms with E-state index in [1.54, 1.807) is 12.1 Å². The van der Waals surface area contributed by atoms with Gasteiger partial charge in [-0.25, -0.2) is 9.97 Å². The van der Waals surface area contributed by atoms with Gasteiger partial charge in [0.05, 0.1) is 10.5 Å². The van der Waals surface area contributed by atoms with Crippen molar-refractivity contribution in [2.75, 3.05) is 5.73 Å². The molecule has 1 aromatic heterocycles. The van der Waals surface area contributed by atoms with Crippen LogP contribution in [0.1, 0.15) is 5.56 Å². The van der Waals surface area contributed by atoms with E-state index in [9.17, 15) is 0 Å². The molecule has 3 nitrogen and oxygen atoms in total. The van der Waals surface area contributed by atoms with Crippen LogP contribution in [0.15, 0.2) is 36.4 Å². The van der Waals surface area contributed by atoms with E-state index in [1.165, 1.54) is 0 Å². The maximum absolute atomic E-state index is 6.25. The fraction of sp³-hybridized carbons (Fsp3) is 0.0667. The Balaban J connectivity index is 2.26. The van der Waals surface area contributed by atoms with Crippen LogP contribution in [0.5, 0.6) is 0 Å². The molecule has 1 heterocycles. The van der Waals surface area contributed by atoms with Gasteiger partial charge in [0.2, 0.25) is 0 Å². The van der Waals surface area contributed by atoms with Crippen LogP contribution in [0, 0.1) is 6.92 Å². The quantitative estimate of drug-likeness (QED) is 0.720. The van der Waals surface area contributed by atoms with Crippen LogP contribution >= 0.6 is 23.2 Å². The monoisotopic (exact) mass is 303 g/mol. The normalized spacial score (nSPS) is 10.9. The van der Waals surface area contributed by atoms with Crippen molar-refractivity contribution in [3.63, 3.8) is 0 Å². The van der Waals surface area contributed by atoms with Gasteiger partial charge in [-0.2, -0.15) is 0 Å². The summed E-state index contributed by atoms with van der Waals surface area (Å²) in [5.74, 6) is 0.917. The molecule has 0 aliphatic heterocycles. The average Bonchev–Trinajstić information content (AvgIpc) is 2.37. The zero-order chi connectivity index (χ0) is 14.3. The highest BCUT2D eigenvalue weighted by molar-refractivity contribution is 6.33. The third-order valence-electron chi connectivity index (χ3n) is 3.05. The summed E-state index contributed by atoms with van der Waals surface area (Å²) in [6, 6.07) is 11.1. The molecular weight excluding hydrogens is 293 g/mol. The molecule has 0 amide bonds. The number of fused-ring (bicyclic) bond motifs is 1. The number of nitrogens with zero attached hydrogens (tertiary/aromatic N) is 2. The van der Waals surface area contributed by atoms with Crippen LogP contribution in [0.4, 0.5) is 5.82 Å². The number of benzene rings is 2. The molecule has 5 heteroatoms. The van der Waals surface area contributed by atoms with E-state index < -0.39 is 0 Å².